The Labute approximate surface area is 163 Å². The van der Waals surface area contributed by atoms with Crippen LogP contribution in [0.15, 0.2) is 60.8 Å². The number of carbonyl (C=O) groups is 1. The van der Waals surface area contributed by atoms with Crippen LogP contribution in [-0.4, -0.2) is 22.0 Å². The molecule has 5 nitrogen and oxygen atoms in total. The number of rotatable bonds is 16. The summed E-state index contributed by atoms with van der Waals surface area (Å²) >= 11 is 0. The normalized spacial score (nSPS) is 13.7. The van der Waals surface area contributed by atoms with Crippen molar-refractivity contribution in [2.45, 2.75) is 70.8 Å². The molecule has 1 unspecified atom stereocenters. The molecule has 1 atom stereocenters. The summed E-state index contributed by atoms with van der Waals surface area (Å²) in [5.41, 5.74) is 0. The van der Waals surface area contributed by atoms with Gasteiger partial charge in [-0.15, -0.1) is 0 Å². The van der Waals surface area contributed by atoms with Crippen molar-refractivity contribution in [2.75, 3.05) is 0 Å². The monoisotopic (exact) mass is 375 g/mol. The van der Waals surface area contributed by atoms with E-state index in [0.29, 0.717) is 32.1 Å². The number of allylic oxidation sites excluding steroid dienone is 9. The van der Waals surface area contributed by atoms with Crippen molar-refractivity contribution in [3.05, 3.63) is 70.9 Å². The molecule has 0 radical (unpaired) electrons. The van der Waals surface area contributed by atoms with E-state index in [1.165, 1.54) is 0 Å². The zero-order valence-corrected chi connectivity index (χ0v) is 16.3. The lowest BCUT2D eigenvalue weighted by molar-refractivity contribution is -0.522. The fraction of sp³-hybridized carbons (Fsp3) is 0.500. The van der Waals surface area contributed by atoms with E-state index in [-0.39, 0.29) is 11.3 Å². The largest absolute Gasteiger partial charge is 0.481 e. The van der Waals surface area contributed by atoms with Gasteiger partial charge < -0.3 is 5.11 Å². The van der Waals surface area contributed by atoms with E-state index >= 15 is 0 Å². The van der Waals surface area contributed by atoms with E-state index in [0.717, 1.165) is 19.3 Å². The lowest BCUT2D eigenvalue weighted by atomic mass is 10.1. The van der Waals surface area contributed by atoms with Crippen molar-refractivity contribution in [2.24, 2.45) is 0 Å². The minimum absolute atomic E-state index is 0.128. The third-order valence-electron chi connectivity index (χ3n) is 3.78. The molecule has 0 aromatic heterocycles. The van der Waals surface area contributed by atoms with Gasteiger partial charge in [0.1, 0.15) is 0 Å². The van der Waals surface area contributed by atoms with Gasteiger partial charge in [-0.25, -0.2) is 0 Å². The second kappa shape index (κ2) is 18.4. The highest BCUT2D eigenvalue weighted by molar-refractivity contribution is 5.66. The van der Waals surface area contributed by atoms with Crippen molar-refractivity contribution < 1.29 is 14.8 Å². The zero-order chi connectivity index (χ0) is 20.2. The van der Waals surface area contributed by atoms with Crippen LogP contribution in [0.1, 0.15) is 64.7 Å². The van der Waals surface area contributed by atoms with Crippen molar-refractivity contribution in [1.29, 1.82) is 0 Å². The Hall–Kier alpha value is -2.43. The van der Waals surface area contributed by atoms with E-state index < -0.39 is 12.0 Å². The molecule has 0 aromatic rings. The number of nitro groups is 1. The molecule has 0 bridgehead atoms. The van der Waals surface area contributed by atoms with Gasteiger partial charge in [0.2, 0.25) is 6.04 Å². The Morgan fingerprint density at radius 3 is 1.96 bits per heavy atom. The number of carboxylic acids is 1. The summed E-state index contributed by atoms with van der Waals surface area (Å²) in [6.45, 7) is 2.11. The van der Waals surface area contributed by atoms with Crippen LogP contribution in [0.25, 0.3) is 0 Å². The molecule has 0 rings (SSSR count). The minimum Gasteiger partial charge on any atom is -0.481 e. The third-order valence-corrected chi connectivity index (χ3v) is 3.78. The summed E-state index contributed by atoms with van der Waals surface area (Å²) < 4.78 is 0. The van der Waals surface area contributed by atoms with Crippen LogP contribution in [0.2, 0.25) is 0 Å². The maximum absolute atomic E-state index is 11.1. The highest BCUT2D eigenvalue weighted by Crippen LogP contribution is 2.09. The smallest absolute Gasteiger partial charge is 0.303 e. The molecule has 27 heavy (non-hydrogen) atoms. The average molecular weight is 376 g/mol. The van der Waals surface area contributed by atoms with Crippen LogP contribution < -0.4 is 0 Å². The highest BCUT2D eigenvalue weighted by atomic mass is 16.6. The van der Waals surface area contributed by atoms with E-state index in [4.69, 9.17) is 5.11 Å². The second-order valence-electron chi connectivity index (χ2n) is 6.16. The standard InChI is InChI=1S/C22H33NO4/c1-2-3-4-5-6-7-8-9-12-15-18-21(23(26)27)19-16-13-10-11-14-17-20-22(24)25/h3-4,6-7,9,11-14,16,21H,2,5,8,10,15,17-20H2,1H3,(H,24,25). The van der Waals surface area contributed by atoms with Gasteiger partial charge in [0.25, 0.3) is 0 Å². The first-order chi connectivity index (χ1) is 13.1. The predicted octanol–water partition coefficient (Wildman–Crippen LogP) is 6.03. The van der Waals surface area contributed by atoms with Gasteiger partial charge in [-0.2, -0.15) is 0 Å². The van der Waals surface area contributed by atoms with Crippen molar-refractivity contribution in [3.8, 4) is 0 Å². The summed E-state index contributed by atoms with van der Waals surface area (Å²) in [4.78, 5) is 21.3. The molecule has 0 fully saturated rings. The molecule has 5 heteroatoms. The average Bonchev–Trinajstić information content (AvgIpc) is 2.63. The first-order valence-corrected chi connectivity index (χ1v) is 9.68. The lowest BCUT2D eigenvalue weighted by Gasteiger charge is -2.04. The van der Waals surface area contributed by atoms with Gasteiger partial charge >= 0.3 is 5.97 Å². The van der Waals surface area contributed by atoms with Crippen LogP contribution in [0.4, 0.5) is 0 Å². The summed E-state index contributed by atoms with van der Waals surface area (Å²) in [5, 5.41) is 19.6. The Morgan fingerprint density at radius 2 is 1.41 bits per heavy atom. The highest BCUT2D eigenvalue weighted by Gasteiger charge is 2.16. The SMILES string of the molecule is CCC=CCC=CCC=CCCC(CC=CCC=CCCC(=O)O)[N+](=O)[O-]. The third kappa shape index (κ3) is 18.2. The van der Waals surface area contributed by atoms with E-state index in [1.807, 2.05) is 30.4 Å². The Morgan fingerprint density at radius 1 is 0.889 bits per heavy atom. The molecule has 0 aromatic carbocycles. The Balaban J connectivity index is 3.95. The van der Waals surface area contributed by atoms with E-state index in [2.05, 4.69) is 37.3 Å². The minimum atomic E-state index is -0.807. The quantitative estimate of drug-likeness (QED) is 0.203. The second-order valence-corrected chi connectivity index (χ2v) is 6.16. The van der Waals surface area contributed by atoms with Gasteiger partial charge in [0, 0.05) is 24.2 Å². The first kappa shape index (κ1) is 24.6. The molecule has 150 valence electrons. The number of hydrogen-bond donors (Lipinski definition) is 1. The van der Waals surface area contributed by atoms with Crippen LogP contribution in [-0.2, 0) is 4.79 Å². The van der Waals surface area contributed by atoms with Gasteiger partial charge in [-0.3, -0.25) is 14.9 Å². The van der Waals surface area contributed by atoms with Gasteiger partial charge in [0.15, 0.2) is 0 Å². The molecule has 0 saturated carbocycles. The fourth-order valence-corrected chi connectivity index (χ4v) is 2.27. The summed E-state index contributed by atoms with van der Waals surface area (Å²) in [7, 11) is 0. The fourth-order valence-electron chi connectivity index (χ4n) is 2.27. The molecule has 0 aliphatic rings. The van der Waals surface area contributed by atoms with Gasteiger partial charge in [-0.05, 0) is 38.5 Å². The number of carboxylic acid groups (broad SMARTS) is 1. The molecule has 0 aliphatic heterocycles. The molecule has 0 saturated heterocycles. The summed E-state index contributed by atoms with van der Waals surface area (Å²) in [5.74, 6) is -0.807. The molecule has 0 heterocycles. The summed E-state index contributed by atoms with van der Waals surface area (Å²) in [6, 6.07) is -0.559. The van der Waals surface area contributed by atoms with Crippen LogP contribution in [0.3, 0.4) is 0 Å². The molecule has 1 N–H and O–H groups in total. The maximum atomic E-state index is 11.1. The van der Waals surface area contributed by atoms with E-state index in [9.17, 15) is 14.9 Å². The number of nitrogens with zero attached hydrogens (tertiary/aromatic N) is 1. The van der Waals surface area contributed by atoms with Crippen molar-refractivity contribution >= 4 is 5.97 Å². The molecule has 0 aliphatic carbocycles. The molecular formula is C22H33NO4. The number of aliphatic carboxylic acids is 1. The molecule has 0 spiro atoms. The Kier molecular flexibility index (Phi) is 16.7. The van der Waals surface area contributed by atoms with Gasteiger partial charge in [-0.1, -0.05) is 67.7 Å². The maximum Gasteiger partial charge on any atom is 0.303 e. The Bertz CT molecular complexity index is 545. The zero-order valence-electron chi connectivity index (χ0n) is 16.3. The predicted molar refractivity (Wildman–Crippen MR) is 111 cm³/mol. The van der Waals surface area contributed by atoms with Crippen LogP contribution >= 0.6 is 0 Å². The lowest BCUT2D eigenvalue weighted by Crippen LogP contribution is -2.18. The van der Waals surface area contributed by atoms with Crippen LogP contribution in [0, 0.1) is 10.1 Å². The van der Waals surface area contributed by atoms with Crippen molar-refractivity contribution in [1.82, 2.24) is 0 Å². The van der Waals surface area contributed by atoms with Gasteiger partial charge in [0.05, 0.1) is 0 Å². The molecular weight excluding hydrogens is 342 g/mol. The summed E-state index contributed by atoms with van der Waals surface area (Å²) in [6.07, 6.45) is 25.8. The molecule has 0 amide bonds. The van der Waals surface area contributed by atoms with Crippen molar-refractivity contribution in [3.63, 3.8) is 0 Å². The van der Waals surface area contributed by atoms with E-state index in [1.54, 1.807) is 0 Å². The first-order valence-electron chi connectivity index (χ1n) is 9.68. The topological polar surface area (TPSA) is 80.4 Å². The van der Waals surface area contributed by atoms with Crippen LogP contribution in [0.5, 0.6) is 0 Å². The number of hydrogen-bond acceptors (Lipinski definition) is 3.